The summed E-state index contributed by atoms with van der Waals surface area (Å²) in [6.45, 7) is 9.33. The van der Waals surface area contributed by atoms with Crippen molar-refractivity contribution >= 4 is 35.8 Å². The lowest BCUT2D eigenvalue weighted by atomic mass is 10.1. The van der Waals surface area contributed by atoms with Gasteiger partial charge < -0.3 is 15.5 Å². The van der Waals surface area contributed by atoms with Crippen LogP contribution in [-0.2, 0) is 11.2 Å². The van der Waals surface area contributed by atoms with E-state index >= 15 is 0 Å². The minimum atomic E-state index is 0. The molecule has 0 saturated carbocycles. The molecule has 1 saturated heterocycles. The summed E-state index contributed by atoms with van der Waals surface area (Å²) >= 11 is 0. The SMILES string of the molecule is CCNC(=NCCc1ccccc1C)NC1CCN(C(=O)CC)C1.I. The number of guanidine groups is 1. The number of likely N-dealkylation sites (tertiary alicyclic amines) is 1. The Balaban J connectivity index is 0.00000312. The first kappa shape index (κ1) is 21.7. The van der Waals surface area contributed by atoms with Gasteiger partial charge in [0.05, 0.1) is 0 Å². The molecule has 25 heavy (non-hydrogen) atoms. The number of aryl methyl sites for hydroxylation is 1. The van der Waals surface area contributed by atoms with Gasteiger partial charge in [-0.15, -0.1) is 24.0 Å². The molecule has 0 aromatic heterocycles. The van der Waals surface area contributed by atoms with Crippen LogP contribution in [0.5, 0.6) is 0 Å². The lowest BCUT2D eigenvalue weighted by Gasteiger charge is -2.18. The molecule has 140 valence electrons. The van der Waals surface area contributed by atoms with Crippen molar-refractivity contribution in [1.82, 2.24) is 15.5 Å². The summed E-state index contributed by atoms with van der Waals surface area (Å²) in [5.74, 6) is 1.09. The predicted octanol–water partition coefficient (Wildman–Crippen LogP) is 2.72. The normalized spacial score (nSPS) is 17.2. The molecule has 6 heteroatoms. The highest BCUT2D eigenvalue weighted by Crippen LogP contribution is 2.11. The number of halogens is 1. The van der Waals surface area contributed by atoms with Crippen molar-refractivity contribution in [2.45, 2.75) is 46.1 Å². The third-order valence-electron chi connectivity index (χ3n) is 4.44. The molecule has 1 aliphatic rings. The van der Waals surface area contributed by atoms with Crippen LogP contribution in [0.4, 0.5) is 0 Å². The average Bonchev–Trinajstić information content (AvgIpc) is 3.04. The maximum Gasteiger partial charge on any atom is 0.222 e. The molecule has 1 aromatic rings. The molecule has 1 heterocycles. The average molecular weight is 458 g/mol. The van der Waals surface area contributed by atoms with Gasteiger partial charge in [-0.3, -0.25) is 9.79 Å². The zero-order valence-corrected chi connectivity index (χ0v) is 17.9. The number of nitrogens with one attached hydrogen (secondary N) is 2. The van der Waals surface area contributed by atoms with Crippen LogP contribution in [0.2, 0.25) is 0 Å². The summed E-state index contributed by atoms with van der Waals surface area (Å²) in [6.07, 6.45) is 2.50. The molecule has 0 bridgehead atoms. The van der Waals surface area contributed by atoms with Gasteiger partial charge in [0, 0.05) is 38.6 Å². The van der Waals surface area contributed by atoms with Gasteiger partial charge in [0.1, 0.15) is 0 Å². The number of amides is 1. The van der Waals surface area contributed by atoms with E-state index < -0.39 is 0 Å². The van der Waals surface area contributed by atoms with Gasteiger partial charge in [0.2, 0.25) is 5.91 Å². The zero-order valence-electron chi connectivity index (χ0n) is 15.5. The fourth-order valence-corrected chi connectivity index (χ4v) is 3.02. The highest BCUT2D eigenvalue weighted by atomic mass is 127. The minimum absolute atomic E-state index is 0. The van der Waals surface area contributed by atoms with E-state index in [1.165, 1.54) is 11.1 Å². The van der Waals surface area contributed by atoms with E-state index in [1.54, 1.807) is 0 Å². The number of aliphatic imine (C=N–C) groups is 1. The van der Waals surface area contributed by atoms with Crippen molar-refractivity contribution in [2.24, 2.45) is 4.99 Å². The first-order chi connectivity index (χ1) is 11.6. The number of carbonyl (C=O) groups is 1. The summed E-state index contributed by atoms with van der Waals surface area (Å²) in [5.41, 5.74) is 2.66. The third-order valence-corrected chi connectivity index (χ3v) is 4.44. The molecule has 1 aromatic carbocycles. The van der Waals surface area contributed by atoms with Gasteiger partial charge in [-0.1, -0.05) is 31.2 Å². The molecule has 0 aliphatic carbocycles. The molecule has 5 nitrogen and oxygen atoms in total. The third kappa shape index (κ3) is 6.84. The number of hydrogen-bond acceptors (Lipinski definition) is 2. The summed E-state index contributed by atoms with van der Waals surface area (Å²) < 4.78 is 0. The number of nitrogens with zero attached hydrogens (tertiary/aromatic N) is 2. The molecular formula is C19H31IN4O. The Bertz CT molecular complexity index is 576. The van der Waals surface area contributed by atoms with E-state index in [0.717, 1.165) is 45.0 Å². The number of hydrogen-bond donors (Lipinski definition) is 2. The molecule has 1 aliphatic heterocycles. The molecule has 2 rings (SSSR count). The van der Waals surface area contributed by atoms with E-state index in [9.17, 15) is 4.79 Å². The molecule has 0 spiro atoms. The Hall–Kier alpha value is -1.31. The molecule has 2 N–H and O–H groups in total. The number of benzene rings is 1. The Kier molecular flexibility index (Phi) is 9.85. The standard InChI is InChI=1S/C19H30N4O.HI/c1-4-18(24)23-13-11-17(14-23)22-19(20-5-2)21-12-10-16-9-7-6-8-15(16)3;/h6-9,17H,4-5,10-14H2,1-3H3,(H2,20,21,22);1H. The van der Waals surface area contributed by atoms with E-state index in [2.05, 4.69) is 48.7 Å². The lowest BCUT2D eigenvalue weighted by molar-refractivity contribution is -0.129. The Morgan fingerprint density at radius 2 is 2.08 bits per heavy atom. The highest BCUT2D eigenvalue weighted by molar-refractivity contribution is 14.0. The monoisotopic (exact) mass is 458 g/mol. The summed E-state index contributed by atoms with van der Waals surface area (Å²) in [5, 5.41) is 6.78. The quantitative estimate of drug-likeness (QED) is 0.392. The van der Waals surface area contributed by atoms with Crippen LogP contribution in [0.25, 0.3) is 0 Å². The topological polar surface area (TPSA) is 56.7 Å². The first-order valence-corrected chi connectivity index (χ1v) is 9.01. The van der Waals surface area contributed by atoms with Crippen molar-refractivity contribution in [2.75, 3.05) is 26.2 Å². The molecule has 1 atom stereocenters. The van der Waals surface area contributed by atoms with Crippen molar-refractivity contribution < 1.29 is 4.79 Å². The molecular weight excluding hydrogens is 427 g/mol. The van der Waals surface area contributed by atoms with Crippen LogP contribution in [0, 0.1) is 6.92 Å². The van der Waals surface area contributed by atoms with Gasteiger partial charge >= 0.3 is 0 Å². The van der Waals surface area contributed by atoms with Crippen molar-refractivity contribution in [3.63, 3.8) is 0 Å². The zero-order chi connectivity index (χ0) is 17.4. The van der Waals surface area contributed by atoms with Crippen molar-refractivity contribution in [3.05, 3.63) is 35.4 Å². The summed E-state index contributed by atoms with van der Waals surface area (Å²) in [7, 11) is 0. The maximum absolute atomic E-state index is 11.8. The van der Waals surface area contributed by atoms with Gasteiger partial charge in [-0.05, 0) is 37.8 Å². The first-order valence-electron chi connectivity index (χ1n) is 9.01. The predicted molar refractivity (Wildman–Crippen MR) is 115 cm³/mol. The fraction of sp³-hybridized carbons (Fsp3) is 0.579. The van der Waals surface area contributed by atoms with E-state index in [-0.39, 0.29) is 35.9 Å². The molecule has 1 amide bonds. The van der Waals surface area contributed by atoms with Crippen LogP contribution < -0.4 is 10.6 Å². The van der Waals surface area contributed by atoms with E-state index in [0.29, 0.717) is 6.42 Å². The second-order valence-corrected chi connectivity index (χ2v) is 6.26. The fourth-order valence-electron chi connectivity index (χ4n) is 3.02. The second-order valence-electron chi connectivity index (χ2n) is 6.26. The summed E-state index contributed by atoms with van der Waals surface area (Å²) in [6, 6.07) is 8.73. The second kappa shape index (κ2) is 11.3. The van der Waals surface area contributed by atoms with Gasteiger partial charge in [0.15, 0.2) is 5.96 Å². The van der Waals surface area contributed by atoms with Gasteiger partial charge in [0.25, 0.3) is 0 Å². The van der Waals surface area contributed by atoms with Crippen molar-refractivity contribution in [1.29, 1.82) is 0 Å². The van der Waals surface area contributed by atoms with Crippen LogP contribution in [-0.4, -0.2) is 49.0 Å². The summed E-state index contributed by atoms with van der Waals surface area (Å²) in [4.78, 5) is 18.4. The van der Waals surface area contributed by atoms with Crippen LogP contribution in [0.3, 0.4) is 0 Å². The number of carbonyl (C=O) groups excluding carboxylic acids is 1. The van der Waals surface area contributed by atoms with Gasteiger partial charge in [-0.25, -0.2) is 0 Å². The van der Waals surface area contributed by atoms with Gasteiger partial charge in [-0.2, -0.15) is 0 Å². The van der Waals surface area contributed by atoms with Crippen LogP contribution in [0.15, 0.2) is 29.3 Å². The number of rotatable bonds is 6. The van der Waals surface area contributed by atoms with E-state index in [4.69, 9.17) is 4.99 Å². The minimum Gasteiger partial charge on any atom is -0.357 e. The van der Waals surface area contributed by atoms with E-state index in [1.807, 2.05) is 11.8 Å². The van der Waals surface area contributed by atoms with Crippen LogP contribution >= 0.6 is 24.0 Å². The molecule has 1 fully saturated rings. The Labute approximate surface area is 168 Å². The lowest BCUT2D eigenvalue weighted by Crippen LogP contribution is -2.45. The highest BCUT2D eigenvalue weighted by Gasteiger charge is 2.25. The van der Waals surface area contributed by atoms with Crippen LogP contribution in [0.1, 0.15) is 37.8 Å². The molecule has 1 unspecified atom stereocenters. The Morgan fingerprint density at radius 1 is 1.32 bits per heavy atom. The molecule has 0 radical (unpaired) electrons. The largest absolute Gasteiger partial charge is 0.357 e. The van der Waals surface area contributed by atoms with Crippen molar-refractivity contribution in [3.8, 4) is 0 Å². The smallest absolute Gasteiger partial charge is 0.222 e. The Morgan fingerprint density at radius 3 is 2.76 bits per heavy atom. The maximum atomic E-state index is 11.8.